The summed E-state index contributed by atoms with van der Waals surface area (Å²) < 4.78 is 2.52. The molecule has 0 aromatic carbocycles. The van der Waals surface area contributed by atoms with Gasteiger partial charge in [-0.15, -0.1) is 0 Å². The van der Waals surface area contributed by atoms with Crippen LogP contribution in [0.3, 0.4) is 0 Å². The summed E-state index contributed by atoms with van der Waals surface area (Å²) in [6, 6.07) is 1.91. The van der Waals surface area contributed by atoms with Crippen LogP contribution >= 0.6 is 12.2 Å². The molecule has 4 nitrogen and oxygen atoms in total. The van der Waals surface area contributed by atoms with Crippen LogP contribution in [-0.2, 0) is 12.5 Å². The number of rotatable bonds is 1. The Labute approximate surface area is 106 Å². The van der Waals surface area contributed by atoms with Gasteiger partial charge in [0.1, 0.15) is 10.3 Å². The third kappa shape index (κ3) is 2.44. The molecule has 0 bridgehead atoms. The van der Waals surface area contributed by atoms with Crippen molar-refractivity contribution in [3.05, 3.63) is 28.9 Å². The molecule has 2 rings (SSSR count). The van der Waals surface area contributed by atoms with Crippen molar-refractivity contribution in [2.24, 2.45) is 7.05 Å². The van der Waals surface area contributed by atoms with Gasteiger partial charge in [-0.2, -0.15) is 0 Å². The lowest BCUT2D eigenvalue weighted by Crippen LogP contribution is -2.14. The molecule has 17 heavy (non-hydrogen) atoms. The summed E-state index contributed by atoms with van der Waals surface area (Å²) >= 11 is 5.21. The van der Waals surface area contributed by atoms with Gasteiger partial charge in [-0.05, 0) is 6.07 Å². The number of hydrogen-bond acceptors (Lipinski definition) is 3. The molecule has 0 aliphatic carbocycles. The second-order valence-corrected chi connectivity index (χ2v) is 5.54. The Bertz CT molecular complexity index is 589. The van der Waals surface area contributed by atoms with E-state index in [-0.39, 0.29) is 5.41 Å². The fraction of sp³-hybridized carbons (Fsp3) is 0.417. The number of aromatic nitrogens is 4. The minimum Gasteiger partial charge on any atom is -0.341 e. The Balaban J connectivity index is 2.61. The first kappa shape index (κ1) is 12.0. The highest BCUT2D eigenvalue weighted by atomic mass is 32.1. The molecule has 1 N–H and O–H groups in total. The molecule has 0 amide bonds. The van der Waals surface area contributed by atoms with Gasteiger partial charge < -0.3 is 9.55 Å². The van der Waals surface area contributed by atoms with Crippen molar-refractivity contribution in [2.45, 2.75) is 26.2 Å². The van der Waals surface area contributed by atoms with E-state index in [4.69, 9.17) is 12.2 Å². The van der Waals surface area contributed by atoms with E-state index in [1.165, 1.54) is 0 Å². The molecule has 2 aromatic rings. The number of aryl methyl sites for hydroxylation is 1. The normalized spacial score (nSPS) is 11.8. The highest BCUT2D eigenvalue weighted by Crippen LogP contribution is 2.22. The SMILES string of the molecule is Cn1cncc1-c1nc(=S)cc(C(C)(C)C)[nH]1. The fourth-order valence-electron chi connectivity index (χ4n) is 1.57. The van der Waals surface area contributed by atoms with E-state index < -0.39 is 0 Å². The van der Waals surface area contributed by atoms with E-state index in [9.17, 15) is 0 Å². The average Bonchev–Trinajstić information content (AvgIpc) is 2.62. The minimum atomic E-state index is 0.0177. The molecule has 0 fully saturated rings. The van der Waals surface area contributed by atoms with Gasteiger partial charge in [0.05, 0.1) is 12.5 Å². The average molecular weight is 248 g/mol. The second kappa shape index (κ2) is 4.07. The first-order valence-electron chi connectivity index (χ1n) is 5.46. The zero-order chi connectivity index (χ0) is 12.6. The molecule has 2 heterocycles. The molecule has 90 valence electrons. The third-order valence-electron chi connectivity index (χ3n) is 2.61. The molecular formula is C12H16N4S. The van der Waals surface area contributed by atoms with Crippen LogP contribution in [0, 0.1) is 4.64 Å². The molecular weight excluding hydrogens is 232 g/mol. The largest absolute Gasteiger partial charge is 0.341 e. The van der Waals surface area contributed by atoms with Crippen molar-refractivity contribution >= 4 is 12.2 Å². The van der Waals surface area contributed by atoms with Gasteiger partial charge in [0, 0.05) is 18.2 Å². The third-order valence-corrected chi connectivity index (χ3v) is 2.82. The van der Waals surface area contributed by atoms with Crippen molar-refractivity contribution in [1.82, 2.24) is 19.5 Å². The Kier molecular flexibility index (Phi) is 2.87. The van der Waals surface area contributed by atoms with Crippen LogP contribution in [0.1, 0.15) is 26.5 Å². The summed E-state index contributed by atoms with van der Waals surface area (Å²) in [5.41, 5.74) is 2.03. The zero-order valence-corrected chi connectivity index (χ0v) is 11.3. The molecule has 0 atom stereocenters. The molecule has 5 heteroatoms. The van der Waals surface area contributed by atoms with Crippen LogP contribution in [0.25, 0.3) is 11.5 Å². The van der Waals surface area contributed by atoms with Crippen LogP contribution in [0.2, 0.25) is 0 Å². The van der Waals surface area contributed by atoms with Crippen LogP contribution in [0.5, 0.6) is 0 Å². The lowest BCUT2D eigenvalue weighted by atomic mass is 9.92. The van der Waals surface area contributed by atoms with Crippen LogP contribution in [0.4, 0.5) is 0 Å². The molecule has 0 saturated heterocycles. The first-order valence-corrected chi connectivity index (χ1v) is 5.87. The van der Waals surface area contributed by atoms with E-state index in [1.807, 2.05) is 17.7 Å². The molecule has 0 saturated carbocycles. The van der Waals surface area contributed by atoms with Crippen molar-refractivity contribution in [3.8, 4) is 11.5 Å². The molecule has 0 aliphatic heterocycles. The topological polar surface area (TPSA) is 46.5 Å². The monoisotopic (exact) mass is 248 g/mol. The predicted octanol–water partition coefficient (Wildman–Crippen LogP) is 2.84. The van der Waals surface area contributed by atoms with Crippen molar-refractivity contribution in [1.29, 1.82) is 0 Å². The van der Waals surface area contributed by atoms with Gasteiger partial charge in [-0.1, -0.05) is 33.0 Å². The summed E-state index contributed by atoms with van der Waals surface area (Å²) in [5, 5.41) is 0. The maximum atomic E-state index is 5.21. The summed E-state index contributed by atoms with van der Waals surface area (Å²) in [7, 11) is 1.94. The van der Waals surface area contributed by atoms with Gasteiger partial charge in [0.2, 0.25) is 0 Å². The minimum absolute atomic E-state index is 0.0177. The molecule has 0 radical (unpaired) electrons. The lowest BCUT2D eigenvalue weighted by molar-refractivity contribution is 0.567. The highest BCUT2D eigenvalue weighted by Gasteiger charge is 2.16. The Morgan fingerprint density at radius 1 is 1.35 bits per heavy atom. The maximum Gasteiger partial charge on any atom is 0.157 e. The number of aromatic amines is 1. The van der Waals surface area contributed by atoms with Crippen LogP contribution in [-0.4, -0.2) is 19.5 Å². The van der Waals surface area contributed by atoms with E-state index in [0.717, 1.165) is 17.2 Å². The highest BCUT2D eigenvalue weighted by molar-refractivity contribution is 7.71. The lowest BCUT2D eigenvalue weighted by Gasteiger charge is -2.19. The van der Waals surface area contributed by atoms with E-state index in [2.05, 4.69) is 35.7 Å². The zero-order valence-electron chi connectivity index (χ0n) is 10.5. The molecule has 0 unspecified atom stereocenters. The van der Waals surface area contributed by atoms with Crippen LogP contribution < -0.4 is 0 Å². The Morgan fingerprint density at radius 3 is 2.59 bits per heavy atom. The number of hydrogen-bond donors (Lipinski definition) is 1. The molecule has 0 aliphatic rings. The molecule has 0 spiro atoms. The van der Waals surface area contributed by atoms with Gasteiger partial charge in [-0.3, -0.25) is 0 Å². The predicted molar refractivity (Wildman–Crippen MR) is 70.3 cm³/mol. The van der Waals surface area contributed by atoms with E-state index in [0.29, 0.717) is 4.64 Å². The Hall–Kier alpha value is -1.49. The van der Waals surface area contributed by atoms with Gasteiger partial charge in [0.25, 0.3) is 0 Å². The summed E-state index contributed by atoms with van der Waals surface area (Å²) in [6.45, 7) is 6.42. The van der Waals surface area contributed by atoms with E-state index in [1.54, 1.807) is 12.5 Å². The van der Waals surface area contributed by atoms with Crippen LogP contribution in [0.15, 0.2) is 18.6 Å². The molecule has 2 aromatic heterocycles. The summed E-state index contributed by atoms with van der Waals surface area (Å²) in [6.07, 6.45) is 3.53. The van der Waals surface area contributed by atoms with Crippen molar-refractivity contribution in [3.63, 3.8) is 0 Å². The maximum absolute atomic E-state index is 5.21. The second-order valence-electron chi connectivity index (χ2n) is 5.12. The van der Waals surface area contributed by atoms with Crippen molar-refractivity contribution < 1.29 is 0 Å². The summed E-state index contributed by atoms with van der Waals surface area (Å²) in [5.74, 6) is 0.766. The standard InChI is InChI=1S/C12H16N4S/c1-12(2,3)9-5-10(17)15-11(14-9)8-6-13-7-16(8)4/h5-7H,1-4H3,(H,14,15,17). The number of H-pyrrole nitrogens is 1. The van der Waals surface area contributed by atoms with Gasteiger partial charge >= 0.3 is 0 Å². The summed E-state index contributed by atoms with van der Waals surface area (Å²) in [4.78, 5) is 11.8. The quantitative estimate of drug-likeness (QED) is 0.789. The van der Waals surface area contributed by atoms with Crippen molar-refractivity contribution in [2.75, 3.05) is 0 Å². The van der Waals surface area contributed by atoms with Gasteiger partial charge in [-0.25, -0.2) is 9.97 Å². The number of imidazole rings is 1. The van der Waals surface area contributed by atoms with E-state index >= 15 is 0 Å². The number of nitrogens with zero attached hydrogens (tertiary/aromatic N) is 3. The van der Waals surface area contributed by atoms with Gasteiger partial charge in [0.15, 0.2) is 5.82 Å². The number of nitrogens with one attached hydrogen (secondary N) is 1. The Morgan fingerprint density at radius 2 is 2.06 bits per heavy atom. The fourth-order valence-corrected chi connectivity index (χ4v) is 1.78. The smallest absolute Gasteiger partial charge is 0.157 e. The first-order chi connectivity index (χ1) is 7.88.